The number of benzene rings is 1. The van der Waals surface area contributed by atoms with Gasteiger partial charge in [0.05, 0.1) is 0 Å². The Morgan fingerprint density at radius 2 is 2.11 bits per heavy atom. The van der Waals surface area contributed by atoms with Gasteiger partial charge in [-0.15, -0.1) is 0 Å². The van der Waals surface area contributed by atoms with Crippen LogP contribution in [0.1, 0.15) is 16.1 Å². The van der Waals surface area contributed by atoms with E-state index in [1.54, 1.807) is 37.3 Å². The maximum absolute atomic E-state index is 11.9. The average Bonchev–Trinajstić information content (AvgIpc) is 2.34. The highest BCUT2D eigenvalue weighted by Gasteiger charge is 2.10. The van der Waals surface area contributed by atoms with Gasteiger partial charge < -0.3 is 16.2 Å². The van der Waals surface area contributed by atoms with E-state index in [0.717, 1.165) is 0 Å². The van der Waals surface area contributed by atoms with Crippen molar-refractivity contribution in [1.29, 1.82) is 0 Å². The van der Waals surface area contributed by atoms with Crippen molar-refractivity contribution >= 4 is 17.4 Å². The van der Waals surface area contributed by atoms with Gasteiger partial charge in [0.15, 0.2) is 11.6 Å². The second kappa shape index (κ2) is 4.75. The van der Waals surface area contributed by atoms with Gasteiger partial charge in [-0.25, -0.2) is 4.98 Å². The summed E-state index contributed by atoms with van der Waals surface area (Å²) < 4.78 is 0. The number of aromatic nitrogens is 1. The summed E-state index contributed by atoms with van der Waals surface area (Å²) in [6, 6.07) is 9.72. The lowest BCUT2D eigenvalue weighted by atomic mass is 10.2. The van der Waals surface area contributed by atoms with Crippen molar-refractivity contribution in [2.75, 3.05) is 11.1 Å². The van der Waals surface area contributed by atoms with Gasteiger partial charge in [0.1, 0.15) is 0 Å². The molecule has 0 bridgehead atoms. The Morgan fingerprint density at radius 3 is 2.83 bits per heavy atom. The van der Waals surface area contributed by atoms with E-state index in [2.05, 4.69) is 10.3 Å². The van der Waals surface area contributed by atoms with E-state index in [4.69, 9.17) is 5.73 Å². The van der Waals surface area contributed by atoms with Gasteiger partial charge in [-0.1, -0.05) is 6.07 Å². The third kappa shape index (κ3) is 2.57. The molecule has 92 valence electrons. The number of pyridine rings is 1. The van der Waals surface area contributed by atoms with Gasteiger partial charge in [0.25, 0.3) is 5.91 Å². The molecule has 1 aromatic carbocycles. The smallest absolute Gasteiger partial charge is 0.256 e. The molecule has 1 heterocycles. The average molecular weight is 243 g/mol. The molecule has 0 aliphatic carbocycles. The maximum atomic E-state index is 11.9. The number of amides is 1. The van der Waals surface area contributed by atoms with Crippen LogP contribution in [-0.2, 0) is 0 Å². The molecule has 1 aromatic heterocycles. The zero-order chi connectivity index (χ0) is 13.1. The first-order valence-electron chi connectivity index (χ1n) is 5.40. The Kier molecular flexibility index (Phi) is 3.14. The van der Waals surface area contributed by atoms with E-state index in [1.165, 1.54) is 6.07 Å². The summed E-state index contributed by atoms with van der Waals surface area (Å²) >= 11 is 0. The Morgan fingerprint density at radius 1 is 1.33 bits per heavy atom. The number of nitrogens with one attached hydrogen (secondary N) is 1. The van der Waals surface area contributed by atoms with E-state index in [1.807, 2.05) is 0 Å². The number of carbonyl (C=O) groups is 1. The lowest BCUT2D eigenvalue weighted by molar-refractivity contribution is 0.102. The third-order valence-electron chi connectivity index (χ3n) is 2.39. The topological polar surface area (TPSA) is 88.2 Å². The van der Waals surface area contributed by atoms with Crippen LogP contribution in [0, 0.1) is 6.92 Å². The van der Waals surface area contributed by atoms with Crippen molar-refractivity contribution in [1.82, 2.24) is 4.98 Å². The third-order valence-corrected chi connectivity index (χ3v) is 2.39. The summed E-state index contributed by atoms with van der Waals surface area (Å²) in [6.07, 6.45) is 0. The Labute approximate surface area is 104 Å². The van der Waals surface area contributed by atoms with Gasteiger partial charge in [0, 0.05) is 16.9 Å². The summed E-state index contributed by atoms with van der Waals surface area (Å²) in [4.78, 5) is 16.0. The van der Waals surface area contributed by atoms with Crippen LogP contribution in [-0.4, -0.2) is 16.0 Å². The fourth-order valence-electron chi connectivity index (χ4n) is 1.50. The minimum atomic E-state index is -0.365. The number of nitrogens with two attached hydrogens (primary N) is 1. The normalized spacial score (nSPS) is 10.1. The predicted molar refractivity (Wildman–Crippen MR) is 69.4 cm³/mol. The van der Waals surface area contributed by atoms with E-state index >= 15 is 0 Å². The first-order valence-corrected chi connectivity index (χ1v) is 5.40. The Hall–Kier alpha value is -2.56. The summed E-state index contributed by atoms with van der Waals surface area (Å²) in [5, 5.41) is 12.1. The molecule has 18 heavy (non-hydrogen) atoms. The molecule has 0 spiro atoms. The Balaban J connectivity index is 2.24. The van der Waals surface area contributed by atoms with Crippen LogP contribution in [0.15, 0.2) is 36.4 Å². The number of nitrogen functional groups attached to an aromatic ring is 1. The van der Waals surface area contributed by atoms with Crippen molar-refractivity contribution < 1.29 is 9.90 Å². The summed E-state index contributed by atoms with van der Waals surface area (Å²) in [7, 11) is 0. The molecule has 0 radical (unpaired) electrons. The largest absolute Gasteiger partial charge is 0.504 e. The van der Waals surface area contributed by atoms with Crippen molar-refractivity contribution in [2.45, 2.75) is 6.92 Å². The predicted octanol–water partition coefficient (Wildman–Crippen LogP) is 1.93. The highest BCUT2D eigenvalue weighted by Crippen LogP contribution is 2.21. The van der Waals surface area contributed by atoms with Crippen molar-refractivity contribution in [2.24, 2.45) is 0 Å². The van der Waals surface area contributed by atoms with Gasteiger partial charge >= 0.3 is 0 Å². The van der Waals surface area contributed by atoms with E-state index in [-0.39, 0.29) is 17.5 Å². The molecule has 0 aliphatic heterocycles. The number of anilines is 2. The minimum Gasteiger partial charge on any atom is -0.504 e. The van der Waals surface area contributed by atoms with Crippen LogP contribution < -0.4 is 11.1 Å². The summed E-state index contributed by atoms with van der Waals surface area (Å²) in [6.45, 7) is 1.77. The second-order valence-corrected chi connectivity index (χ2v) is 3.90. The van der Waals surface area contributed by atoms with Crippen LogP contribution in [0.4, 0.5) is 11.5 Å². The molecule has 5 heteroatoms. The quantitative estimate of drug-likeness (QED) is 0.703. The number of nitrogens with zero attached hydrogens (tertiary/aromatic N) is 1. The van der Waals surface area contributed by atoms with Gasteiger partial charge in [-0.3, -0.25) is 4.79 Å². The molecule has 2 rings (SSSR count). The van der Waals surface area contributed by atoms with Gasteiger partial charge in [-0.05, 0) is 37.3 Å². The molecule has 0 saturated heterocycles. The first kappa shape index (κ1) is 11.9. The van der Waals surface area contributed by atoms with Crippen LogP contribution in [0.25, 0.3) is 0 Å². The zero-order valence-corrected chi connectivity index (χ0v) is 9.84. The minimum absolute atomic E-state index is 0.0714. The molecule has 0 atom stereocenters. The monoisotopic (exact) mass is 243 g/mol. The van der Waals surface area contributed by atoms with E-state index in [0.29, 0.717) is 16.9 Å². The standard InChI is InChI=1S/C13H13N3O2/c1-8-5-6-11(17)12(15-8)16-13(18)9-3-2-4-10(14)7-9/h2-7,17H,14H2,1H3,(H,15,16,18). The molecular weight excluding hydrogens is 230 g/mol. The molecule has 5 nitrogen and oxygen atoms in total. The number of carbonyl (C=O) groups excluding carboxylic acids is 1. The lowest BCUT2D eigenvalue weighted by Crippen LogP contribution is -2.13. The molecular formula is C13H13N3O2. The van der Waals surface area contributed by atoms with Crippen molar-refractivity contribution in [3.05, 3.63) is 47.7 Å². The molecule has 1 amide bonds. The second-order valence-electron chi connectivity index (χ2n) is 3.90. The fourth-order valence-corrected chi connectivity index (χ4v) is 1.50. The lowest BCUT2D eigenvalue weighted by Gasteiger charge is -2.07. The van der Waals surface area contributed by atoms with Crippen molar-refractivity contribution in [3.63, 3.8) is 0 Å². The van der Waals surface area contributed by atoms with Crippen LogP contribution in [0.2, 0.25) is 0 Å². The number of hydrogen-bond acceptors (Lipinski definition) is 4. The molecule has 0 aliphatic rings. The summed E-state index contributed by atoms with van der Waals surface area (Å²) in [5.41, 5.74) is 7.22. The molecule has 2 aromatic rings. The summed E-state index contributed by atoms with van der Waals surface area (Å²) in [5.74, 6) is -0.295. The SMILES string of the molecule is Cc1ccc(O)c(NC(=O)c2cccc(N)c2)n1. The van der Waals surface area contributed by atoms with E-state index in [9.17, 15) is 9.90 Å². The molecule has 4 N–H and O–H groups in total. The zero-order valence-electron chi connectivity index (χ0n) is 9.84. The number of aryl methyl sites for hydroxylation is 1. The van der Waals surface area contributed by atoms with Crippen molar-refractivity contribution in [3.8, 4) is 5.75 Å². The fraction of sp³-hybridized carbons (Fsp3) is 0.0769. The highest BCUT2D eigenvalue weighted by molar-refractivity contribution is 6.04. The first-order chi connectivity index (χ1) is 8.56. The molecule has 0 saturated carbocycles. The highest BCUT2D eigenvalue weighted by atomic mass is 16.3. The van der Waals surface area contributed by atoms with Crippen LogP contribution >= 0.6 is 0 Å². The van der Waals surface area contributed by atoms with Crippen LogP contribution in [0.3, 0.4) is 0 Å². The molecule has 0 unspecified atom stereocenters. The van der Waals surface area contributed by atoms with E-state index < -0.39 is 0 Å². The van der Waals surface area contributed by atoms with Gasteiger partial charge in [-0.2, -0.15) is 0 Å². The number of aromatic hydroxyl groups is 1. The maximum Gasteiger partial charge on any atom is 0.256 e. The van der Waals surface area contributed by atoms with Gasteiger partial charge in [0.2, 0.25) is 0 Å². The number of rotatable bonds is 2. The van der Waals surface area contributed by atoms with Crippen LogP contribution in [0.5, 0.6) is 5.75 Å². The molecule has 0 fully saturated rings. The number of hydrogen-bond donors (Lipinski definition) is 3. The Bertz CT molecular complexity index is 597.